The molecule has 5 heteroatoms. The van der Waals surface area contributed by atoms with E-state index in [2.05, 4.69) is 15.1 Å². The van der Waals surface area contributed by atoms with Crippen LogP contribution in [-0.2, 0) is 11.3 Å². The quantitative estimate of drug-likeness (QED) is 0.807. The van der Waals surface area contributed by atoms with Crippen LogP contribution in [0, 0.1) is 0 Å². The van der Waals surface area contributed by atoms with Crippen molar-refractivity contribution in [3.8, 4) is 0 Å². The molecule has 1 saturated heterocycles. The second-order valence-electron chi connectivity index (χ2n) is 4.73. The van der Waals surface area contributed by atoms with Gasteiger partial charge in [-0.1, -0.05) is 11.6 Å². The van der Waals surface area contributed by atoms with Crippen LogP contribution in [-0.4, -0.2) is 40.4 Å². The number of morpholine rings is 1. The van der Waals surface area contributed by atoms with Gasteiger partial charge in [0.1, 0.15) is 0 Å². The summed E-state index contributed by atoms with van der Waals surface area (Å²) in [5.74, 6) is 0. The number of rotatable bonds is 2. The fourth-order valence-corrected chi connectivity index (χ4v) is 2.94. The van der Waals surface area contributed by atoms with E-state index >= 15 is 0 Å². The van der Waals surface area contributed by atoms with Crippen molar-refractivity contribution >= 4 is 11.6 Å². The first-order valence-electron chi connectivity index (χ1n) is 6.17. The van der Waals surface area contributed by atoms with Crippen LogP contribution in [0.4, 0.5) is 0 Å². The molecule has 17 heavy (non-hydrogen) atoms. The second-order valence-corrected chi connectivity index (χ2v) is 5.11. The maximum atomic E-state index is 5.79. The number of nitrogens with zero attached hydrogens (tertiary/aromatic N) is 3. The third-order valence-corrected chi connectivity index (χ3v) is 3.85. The van der Waals surface area contributed by atoms with Gasteiger partial charge in [-0.15, -0.1) is 5.10 Å². The van der Waals surface area contributed by atoms with Gasteiger partial charge in [-0.2, -0.15) is 5.10 Å². The molecule has 2 atom stereocenters. The van der Waals surface area contributed by atoms with Crippen LogP contribution in [0.25, 0.3) is 0 Å². The van der Waals surface area contributed by atoms with Crippen LogP contribution in [0.3, 0.4) is 0 Å². The highest BCUT2D eigenvalue weighted by Gasteiger charge is 2.35. The minimum Gasteiger partial charge on any atom is -0.375 e. The molecule has 2 aliphatic rings. The Morgan fingerprint density at radius 3 is 3.12 bits per heavy atom. The molecule has 0 N–H and O–H groups in total. The molecule has 0 bridgehead atoms. The van der Waals surface area contributed by atoms with Gasteiger partial charge in [0.2, 0.25) is 0 Å². The summed E-state index contributed by atoms with van der Waals surface area (Å²) in [5.41, 5.74) is 0.988. The minimum atomic E-state index is 0.434. The van der Waals surface area contributed by atoms with Crippen LogP contribution in [0.5, 0.6) is 0 Å². The Bertz CT molecular complexity index is 384. The molecule has 2 fully saturated rings. The minimum absolute atomic E-state index is 0.434. The SMILES string of the molecule is Clc1ccc(CN2CCOC3CCCC32)nn1. The van der Waals surface area contributed by atoms with Crippen molar-refractivity contribution < 1.29 is 4.74 Å². The van der Waals surface area contributed by atoms with Crippen molar-refractivity contribution in [1.29, 1.82) is 0 Å². The molecular weight excluding hydrogens is 238 g/mol. The predicted molar refractivity (Wildman–Crippen MR) is 64.8 cm³/mol. The summed E-state index contributed by atoms with van der Waals surface area (Å²) >= 11 is 5.74. The zero-order valence-corrected chi connectivity index (χ0v) is 10.4. The van der Waals surface area contributed by atoms with Crippen molar-refractivity contribution in [3.05, 3.63) is 23.0 Å². The van der Waals surface area contributed by atoms with E-state index in [1.54, 1.807) is 6.07 Å². The molecule has 1 aliphatic carbocycles. The van der Waals surface area contributed by atoms with E-state index in [9.17, 15) is 0 Å². The van der Waals surface area contributed by atoms with Gasteiger partial charge < -0.3 is 4.74 Å². The zero-order valence-electron chi connectivity index (χ0n) is 9.68. The molecule has 1 aromatic heterocycles. The summed E-state index contributed by atoms with van der Waals surface area (Å²) in [6, 6.07) is 4.33. The van der Waals surface area contributed by atoms with Gasteiger partial charge in [-0.3, -0.25) is 4.90 Å². The van der Waals surface area contributed by atoms with Crippen molar-refractivity contribution in [3.63, 3.8) is 0 Å². The van der Waals surface area contributed by atoms with Crippen LogP contribution >= 0.6 is 11.6 Å². The molecule has 0 radical (unpaired) electrons. The lowest BCUT2D eigenvalue weighted by atomic mass is 10.1. The van der Waals surface area contributed by atoms with Gasteiger partial charge in [-0.25, -0.2) is 0 Å². The smallest absolute Gasteiger partial charge is 0.151 e. The number of aromatic nitrogens is 2. The average molecular weight is 254 g/mol. The molecule has 4 nitrogen and oxygen atoms in total. The van der Waals surface area contributed by atoms with Gasteiger partial charge in [0.15, 0.2) is 5.15 Å². The van der Waals surface area contributed by atoms with E-state index in [1.165, 1.54) is 19.3 Å². The molecule has 1 aromatic rings. The van der Waals surface area contributed by atoms with Crippen molar-refractivity contribution in [1.82, 2.24) is 15.1 Å². The van der Waals surface area contributed by atoms with Crippen LogP contribution in [0.15, 0.2) is 12.1 Å². The molecule has 2 heterocycles. The Kier molecular flexibility index (Phi) is 3.27. The highest BCUT2D eigenvalue weighted by molar-refractivity contribution is 6.29. The molecule has 3 rings (SSSR count). The molecule has 0 amide bonds. The molecule has 92 valence electrons. The lowest BCUT2D eigenvalue weighted by Gasteiger charge is -2.37. The van der Waals surface area contributed by atoms with Gasteiger partial charge in [-0.05, 0) is 31.4 Å². The molecule has 0 aromatic carbocycles. The Labute approximate surface area is 106 Å². The summed E-state index contributed by atoms with van der Waals surface area (Å²) in [4.78, 5) is 2.47. The van der Waals surface area contributed by atoms with Gasteiger partial charge in [0, 0.05) is 19.1 Å². The first kappa shape index (κ1) is 11.4. The van der Waals surface area contributed by atoms with Gasteiger partial charge in [0.05, 0.1) is 18.4 Å². The Morgan fingerprint density at radius 2 is 2.29 bits per heavy atom. The van der Waals surface area contributed by atoms with Crippen molar-refractivity contribution in [2.45, 2.75) is 38.0 Å². The highest BCUT2D eigenvalue weighted by atomic mass is 35.5. The molecule has 1 saturated carbocycles. The summed E-state index contributed by atoms with van der Waals surface area (Å²) < 4.78 is 5.79. The third-order valence-electron chi connectivity index (χ3n) is 3.65. The number of ether oxygens (including phenoxy) is 1. The summed E-state index contributed by atoms with van der Waals surface area (Å²) in [6.07, 6.45) is 4.15. The standard InChI is InChI=1S/C12H16ClN3O/c13-12-5-4-9(14-15-12)8-16-6-7-17-11-3-1-2-10(11)16/h4-5,10-11H,1-3,6-8H2. The highest BCUT2D eigenvalue weighted by Crippen LogP contribution is 2.30. The first-order chi connectivity index (χ1) is 8.33. The zero-order chi connectivity index (χ0) is 11.7. The fourth-order valence-electron chi connectivity index (χ4n) is 2.84. The average Bonchev–Trinajstić information content (AvgIpc) is 2.81. The third kappa shape index (κ3) is 2.44. The van der Waals surface area contributed by atoms with Crippen molar-refractivity contribution in [2.24, 2.45) is 0 Å². The molecule has 1 aliphatic heterocycles. The number of halogens is 1. The van der Waals surface area contributed by atoms with Crippen molar-refractivity contribution in [2.75, 3.05) is 13.2 Å². The monoisotopic (exact) mass is 253 g/mol. The lowest BCUT2D eigenvalue weighted by Crippen LogP contribution is -2.47. The Hall–Kier alpha value is -0.710. The molecular formula is C12H16ClN3O. The second kappa shape index (κ2) is 4.88. The topological polar surface area (TPSA) is 38.2 Å². The van der Waals surface area contributed by atoms with Crippen LogP contribution in [0.2, 0.25) is 5.15 Å². The number of fused-ring (bicyclic) bond motifs is 1. The molecule has 2 unspecified atom stereocenters. The maximum Gasteiger partial charge on any atom is 0.151 e. The fraction of sp³-hybridized carbons (Fsp3) is 0.667. The van der Waals surface area contributed by atoms with Crippen LogP contribution < -0.4 is 0 Å². The lowest BCUT2D eigenvalue weighted by molar-refractivity contribution is -0.0592. The summed E-state index contributed by atoms with van der Waals surface area (Å²) in [5, 5.41) is 8.46. The largest absolute Gasteiger partial charge is 0.375 e. The van der Waals surface area contributed by atoms with E-state index in [0.717, 1.165) is 25.4 Å². The first-order valence-corrected chi connectivity index (χ1v) is 6.54. The normalized spacial score (nSPS) is 29.2. The van der Waals surface area contributed by atoms with E-state index in [1.807, 2.05) is 6.07 Å². The van der Waals surface area contributed by atoms with E-state index in [-0.39, 0.29) is 0 Å². The maximum absolute atomic E-state index is 5.79. The Balaban J connectivity index is 1.69. The van der Waals surface area contributed by atoms with E-state index in [0.29, 0.717) is 17.3 Å². The number of hydrogen-bond acceptors (Lipinski definition) is 4. The van der Waals surface area contributed by atoms with Gasteiger partial charge >= 0.3 is 0 Å². The predicted octanol–water partition coefficient (Wildman–Crippen LogP) is 1.88. The van der Waals surface area contributed by atoms with E-state index < -0.39 is 0 Å². The van der Waals surface area contributed by atoms with Gasteiger partial charge in [0.25, 0.3) is 0 Å². The Morgan fingerprint density at radius 1 is 1.35 bits per heavy atom. The number of hydrogen-bond donors (Lipinski definition) is 0. The summed E-state index contributed by atoms with van der Waals surface area (Å²) in [6.45, 7) is 2.68. The van der Waals surface area contributed by atoms with E-state index in [4.69, 9.17) is 16.3 Å². The summed E-state index contributed by atoms with van der Waals surface area (Å²) in [7, 11) is 0. The van der Waals surface area contributed by atoms with Crippen LogP contribution in [0.1, 0.15) is 25.0 Å². The molecule has 0 spiro atoms.